The van der Waals surface area contributed by atoms with Crippen molar-refractivity contribution in [2.75, 3.05) is 19.6 Å². The number of hydrogen-bond acceptors (Lipinski definition) is 2. The molecule has 0 aliphatic carbocycles. The van der Waals surface area contributed by atoms with Crippen molar-refractivity contribution in [2.24, 2.45) is 0 Å². The summed E-state index contributed by atoms with van der Waals surface area (Å²) in [6, 6.07) is 0. The maximum Gasteiger partial charge on any atom is 0.169 e. The van der Waals surface area contributed by atoms with Crippen LogP contribution in [0.5, 0.6) is 0 Å². The lowest BCUT2D eigenvalue weighted by molar-refractivity contribution is 0.103. The highest BCUT2D eigenvalue weighted by molar-refractivity contribution is 7.80. The Balaban J connectivity index is 2.28. The highest BCUT2D eigenvalue weighted by Crippen LogP contribution is 2.09. The molecule has 13 heavy (non-hydrogen) atoms. The maximum absolute atomic E-state index is 9.42. The number of aliphatic hydroxyl groups excluding tert-OH is 1. The maximum atomic E-state index is 9.42. The van der Waals surface area contributed by atoms with Crippen molar-refractivity contribution >= 4 is 17.3 Å². The highest BCUT2D eigenvalue weighted by Gasteiger charge is 2.18. The first-order valence-corrected chi connectivity index (χ1v) is 5.35. The summed E-state index contributed by atoms with van der Waals surface area (Å²) >= 11 is 5.20. The van der Waals surface area contributed by atoms with Crippen LogP contribution in [0.15, 0.2) is 0 Å². The van der Waals surface area contributed by atoms with E-state index in [1.807, 2.05) is 0 Å². The fourth-order valence-electron chi connectivity index (χ4n) is 1.48. The molecule has 0 radical (unpaired) electrons. The number of likely N-dealkylation sites (tertiary alicyclic amines) is 1. The minimum absolute atomic E-state index is 0.199. The van der Waals surface area contributed by atoms with Gasteiger partial charge in [-0.15, -0.1) is 0 Å². The number of thiocarbonyl (C=S) groups is 1. The van der Waals surface area contributed by atoms with Gasteiger partial charge in [-0.2, -0.15) is 0 Å². The lowest BCUT2D eigenvalue weighted by Crippen LogP contribution is -2.47. The normalized spacial score (nSPS) is 22.9. The third-order valence-corrected chi connectivity index (χ3v) is 2.61. The van der Waals surface area contributed by atoms with Crippen LogP contribution in [0.1, 0.15) is 26.2 Å². The summed E-state index contributed by atoms with van der Waals surface area (Å²) in [7, 11) is 0. The zero-order valence-electron chi connectivity index (χ0n) is 8.12. The number of rotatable bonds is 2. The van der Waals surface area contributed by atoms with Gasteiger partial charge in [-0.3, -0.25) is 0 Å². The zero-order chi connectivity index (χ0) is 9.68. The van der Waals surface area contributed by atoms with Gasteiger partial charge in [0.25, 0.3) is 0 Å². The molecule has 1 aliphatic rings. The van der Waals surface area contributed by atoms with Crippen molar-refractivity contribution in [1.82, 2.24) is 10.2 Å². The molecule has 0 aromatic heterocycles. The summed E-state index contributed by atoms with van der Waals surface area (Å²) in [5.74, 6) is 0. The van der Waals surface area contributed by atoms with Crippen molar-refractivity contribution in [3.05, 3.63) is 0 Å². The van der Waals surface area contributed by atoms with Crippen LogP contribution >= 0.6 is 12.2 Å². The van der Waals surface area contributed by atoms with Gasteiger partial charge in [0.2, 0.25) is 0 Å². The fourth-order valence-corrected chi connectivity index (χ4v) is 1.75. The second kappa shape index (κ2) is 5.40. The van der Waals surface area contributed by atoms with E-state index in [1.165, 1.54) is 0 Å². The van der Waals surface area contributed by atoms with Crippen molar-refractivity contribution in [3.63, 3.8) is 0 Å². The van der Waals surface area contributed by atoms with Crippen molar-refractivity contribution in [1.29, 1.82) is 0 Å². The fraction of sp³-hybridized carbons (Fsp3) is 0.889. The first-order valence-electron chi connectivity index (χ1n) is 4.95. The summed E-state index contributed by atoms with van der Waals surface area (Å²) in [6.45, 7) is 4.70. The van der Waals surface area contributed by atoms with E-state index in [0.29, 0.717) is 6.54 Å². The van der Waals surface area contributed by atoms with Gasteiger partial charge >= 0.3 is 0 Å². The zero-order valence-corrected chi connectivity index (χ0v) is 8.94. The molecular weight excluding hydrogens is 184 g/mol. The van der Waals surface area contributed by atoms with E-state index >= 15 is 0 Å². The third kappa shape index (κ3) is 3.48. The van der Waals surface area contributed by atoms with Gasteiger partial charge in [0, 0.05) is 19.6 Å². The second-order valence-corrected chi connectivity index (χ2v) is 3.86. The smallest absolute Gasteiger partial charge is 0.169 e. The number of nitrogens with one attached hydrogen (secondary N) is 1. The van der Waals surface area contributed by atoms with Gasteiger partial charge in [-0.05, 0) is 31.5 Å². The molecule has 0 amide bonds. The standard InChI is InChI=1S/C9H18N2OS/c1-2-5-10-9(13)11-6-3-4-8(12)7-11/h8,12H,2-7H2,1H3,(H,10,13)/t8-/m0/s1. The Hall–Kier alpha value is -0.350. The van der Waals surface area contributed by atoms with E-state index in [0.717, 1.165) is 37.5 Å². The van der Waals surface area contributed by atoms with E-state index in [2.05, 4.69) is 17.1 Å². The monoisotopic (exact) mass is 202 g/mol. The van der Waals surface area contributed by atoms with Crippen molar-refractivity contribution in [3.8, 4) is 0 Å². The first-order chi connectivity index (χ1) is 6.24. The van der Waals surface area contributed by atoms with Gasteiger partial charge in [-0.1, -0.05) is 6.92 Å². The molecular formula is C9H18N2OS. The second-order valence-electron chi connectivity index (χ2n) is 3.47. The molecule has 0 spiro atoms. The van der Waals surface area contributed by atoms with E-state index < -0.39 is 0 Å². The molecule has 0 bridgehead atoms. The van der Waals surface area contributed by atoms with Gasteiger partial charge in [0.1, 0.15) is 0 Å². The van der Waals surface area contributed by atoms with Crippen LogP contribution in [0.25, 0.3) is 0 Å². The van der Waals surface area contributed by atoms with Crippen molar-refractivity contribution in [2.45, 2.75) is 32.3 Å². The molecule has 76 valence electrons. The third-order valence-electron chi connectivity index (χ3n) is 2.21. The Morgan fingerprint density at radius 3 is 3.08 bits per heavy atom. The number of hydrogen-bond donors (Lipinski definition) is 2. The minimum Gasteiger partial charge on any atom is -0.391 e. The van der Waals surface area contributed by atoms with Gasteiger partial charge in [0.15, 0.2) is 5.11 Å². The number of nitrogens with zero attached hydrogens (tertiary/aromatic N) is 1. The van der Waals surface area contributed by atoms with Crippen LogP contribution in [0.4, 0.5) is 0 Å². The molecule has 0 aromatic carbocycles. The summed E-state index contributed by atoms with van der Waals surface area (Å²) < 4.78 is 0. The van der Waals surface area contributed by atoms with Gasteiger partial charge in [0.05, 0.1) is 6.10 Å². The lowest BCUT2D eigenvalue weighted by atomic mass is 10.1. The molecule has 1 saturated heterocycles. The van der Waals surface area contributed by atoms with Crippen LogP contribution in [0, 0.1) is 0 Å². The minimum atomic E-state index is -0.199. The topological polar surface area (TPSA) is 35.5 Å². The molecule has 1 rings (SSSR count). The number of piperidine rings is 1. The molecule has 1 heterocycles. The number of β-amino-alcohol motifs (C(OH)–C–C–N with tert-alkyl or cyclic N) is 1. The Morgan fingerprint density at radius 2 is 2.46 bits per heavy atom. The van der Waals surface area contributed by atoms with Gasteiger partial charge in [-0.25, -0.2) is 0 Å². The lowest BCUT2D eigenvalue weighted by Gasteiger charge is -2.32. The van der Waals surface area contributed by atoms with Gasteiger partial charge < -0.3 is 15.3 Å². The molecule has 0 saturated carbocycles. The average molecular weight is 202 g/mol. The Morgan fingerprint density at radius 1 is 1.69 bits per heavy atom. The molecule has 0 aromatic rings. The quantitative estimate of drug-likeness (QED) is 0.647. The highest BCUT2D eigenvalue weighted by atomic mass is 32.1. The Bertz CT molecular complexity index is 175. The van der Waals surface area contributed by atoms with Crippen LogP contribution in [-0.2, 0) is 0 Å². The Labute approximate surface area is 85.1 Å². The molecule has 1 aliphatic heterocycles. The predicted octanol–water partition coefficient (Wildman–Crippen LogP) is 0.728. The molecule has 3 nitrogen and oxygen atoms in total. The molecule has 1 fully saturated rings. The largest absolute Gasteiger partial charge is 0.391 e. The van der Waals surface area contributed by atoms with Crippen molar-refractivity contribution < 1.29 is 5.11 Å². The molecule has 0 unspecified atom stereocenters. The molecule has 4 heteroatoms. The molecule has 1 atom stereocenters. The summed E-state index contributed by atoms with van der Waals surface area (Å²) in [5.41, 5.74) is 0. The first kappa shape index (κ1) is 10.7. The van der Waals surface area contributed by atoms with Crippen LogP contribution < -0.4 is 5.32 Å². The summed E-state index contributed by atoms with van der Waals surface area (Å²) in [5, 5.41) is 13.4. The van der Waals surface area contributed by atoms with E-state index in [-0.39, 0.29) is 6.10 Å². The van der Waals surface area contributed by atoms with E-state index in [9.17, 15) is 5.11 Å². The summed E-state index contributed by atoms with van der Waals surface area (Å²) in [6.07, 6.45) is 2.83. The predicted molar refractivity (Wildman–Crippen MR) is 57.7 cm³/mol. The van der Waals surface area contributed by atoms with Crippen LogP contribution in [0.2, 0.25) is 0 Å². The Kier molecular flexibility index (Phi) is 4.45. The van der Waals surface area contributed by atoms with Crippen LogP contribution in [-0.4, -0.2) is 40.9 Å². The summed E-state index contributed by atoms with van der Waals surface area (Å²) in [4.78, 5) is 2.05. The van der Waals surface area contributed by atoms with E-state index in [4.69, 9.17) is 12.2 Å². The molecule has 2 N–H and O–H groups in total. The number of aliphatic hydroxyl groups is 1. The van der Waals surface area contributed by atoms with E-state index in [1.54, 1.807) is 0 Å². The average Bonchev–Trinajstić information content (AvgIpc) is 2.14. The SMILES string of the molecule is CCCNC(=S)N1CCC[C@H](O)C1. The van der Waals surface area contributed by atoms with Crippen LogP contribution in [0.3, 0.4) is 0 Å².